The monoisotopic (exact) mass is 202 g/mol. The van der Waals surface area contributed by atoms with Gasteiger partial charge >= 0.3 is 6.03 Å². The molecule has 0 aromatic heterocycles. The van der Waals surface area contributed by atoms with Crippen molar-refractivity contribution < 1.29 is 9.59 Å². The predicted molar refractivity (Wildman–Crippen MR) is 50.3 cm³/mol. The van der Waals surface area contributed by atoms with Crippen LogP contribution in [0.1, 0.15) is 13.3 Å². The molecule has 0 spiro atoms. The number of carbonyl (C=O) groups excluding carboxylic acids is 2. The Morgan fingerprint density at radius 1 is 1.62 bits per heavy atom. The summed E-state index contributed by atoms with van der Waals surface area (Å²) in [4.78, 5) is 21.5. The van der Waals surface area contributed by atoms with E-state index in [4.69, 9.17) is 18.0 Å². The summed E-state index contributed by atoms with van der Waals surface area (Å²) in [6.45, 7) is 1.74. The van der Waals surface area contributed by atoms with Gasteiger partial charge in [-0.3, -0.25) is 10.1 Å². The second kappa shape index (κ2) is 6.32. The van der Waals surface area contributed by atoms with Crippen LogP contribution in [0.2, 0.25) is 0 Å². The first-order chi connectivity index (χ1) is 6.10. The maximum Gasteiger partial charge on any atom is 0.321 e. The standard InChI is InChI=1S/C8H11ClN2O2/c1-3-4-6(2)10-8(13)11-7(12)5-9/h1,6H,4-5H2,2H3,(H2,10,11,12,13). The van der Waals surface area contributed by atoms with Gasteiger partial charge in [0, 0.05) is 12.5 Å². The van der Waals surface area contributed by atoms with E-state index in [1.165, 1.54) is 0 Å². The minimum Gasteiger partial charge on any atom is -0.334 e. The van der Waals surface area contributed by atoms with Crippen LogP contribution in [-0.2, 0) is 4.79 Å². The van der Waals surface area contributed by atoms with E-state index in [-0.39, 0.29) is 11.9 Å². The number of terminal acetylenes is 1. The fourth-order valence-corrected chi connectivity index (χ4v) is 0.715. The third kappa shape index (κ3) is 6.00. The van der Waals surface area contributed by atoms with Crippen molar-refractivity contribution >= 4 is 23.5 Å². The summed E-state index contributed by atoms with van der Waals surface area (Å²) in [5, 5.41) is 4.50. The van der Waals surface area contributed by atoms with Crippen LogP contribution in [0.3, 0.4) is 0 Å². The minimum absolute atomic E-state index is 0.159. The van der Waals surface area contributed by atoms with Gasteiger partial charge in [-0.1, -0.05) is 0 Å². The summed E-state index contributed by atoms with van der Waals surface area (Å²) in [5.41, 5.74) is 0. The minimum atomic E-state index is -0.576. The van der Waals surface area contributed by atoms with Gasteiger partial charge in [0.25, 0.3) is 0 Å². The molecule has 0 saturated heterocycles. The summed E-state index contributed by atoms with van der Waals surface area (Å²) in [6.07, 6.45) is 5.44. The molecular formula is C8H11ClN2O2. The molecule has 1 atom stereocenters. The Kier molecular flexibility index (Phi) is 5.73. The number of alkyl halides is 1. The number of urea groups is 1. The fourth-order valence-electron chi connectivity index (χ4n) is 0.648. The Hall–Kier alpha value is -1.21. The third-order valence-electron chi connectivity index (χ3n) is 1.18. The SMILES string of the molecule is C#CCC(C)NC(=O)NC(=O)CCl. The number of rotatable bonds is 3. The van der Waals surface area contributed by atoms with Crippen molar-refractivity contribution in [3.63, 3.8) is 0 Å². The fraction of sp³-hybridized carbons (Fsp3) is 0.500. The number of imide groups is 1. The van der Waals surface area contributed by atoms with E-state index in [0.717, 1.165) is 0 Å². The molecule has 0 radical (unpaired) electrons. The number of carbonyl (C=O) groups is 2. The van der Waals surface area contributed by atoms with Crippen LogP contribution in [0.4, 0.5) is 4.79 Å². The van der Waals surface area contributed by atoms with Gasteiger partial charge in [-0.15, -0.1) is 23.9 Å². The summed E-state index contributed by atoms with van der Waals surface area (Å²) in [7, 11) is 0. The molecule has 0 aromatic carbocycles. The lowest BCUT2D eigenvalue weighted by Gasteiger charge is -2.10. The van der Waals surface area contributed by atoms with Crippen LogP contribution in [0, 0.1) is 12.3 Å². The molecule has 0 saturated carbocycles. The van der Waals surface area contributed by atoms with Crippen LogP contribution in [0.25, 0.3) is 0 Å². The molecular weight excluding hydrogens is 192 g/mol. The predicted octanol–water partition coefficient (Wildman–Crippen LogP) is 0.463. The number of halogens is 1. The molecule has 0 bridgehead atoms. The summed E-state index contributed by atoms with van der Waals surface area (Å²) >= 11 is 5.17. The normalized spacial score (nSPS) is 11.2. The molecule has 0 aliphatic carbocycles. The zero-order chi connectivity index (χ0) is 10.3. The second-order valence-corrected chi connectivity index (χ2v) is 2.73. The van der Waals surface area contributed by atoms with Gasteiger partial charge in [0.05, 0.1) is 0 Å². The van der Waals surface area contributed by atoms with Gasteiger partial charge in [0.15, 0.2) is 0 Å². The van der Waals surface area contributed by atoms with Crippen molar-refractivity contribution in [2.24, 2.45) is 0 Å². The van der Waals surface area contributed by atoms with E-state index in [1.807, 2.05) is 5.32 Å². The highest BCUT2D eigenvalue weighted by Crippen LogP contribution is 1.87. The van der Waals surface area contributed by atoms with Crippen molar-refractivity contribution in [2.45, 2.75) is 19.4 Å². The van der Waals surface area contributed by atoms with E-state index in [2.05, 4.69) is 11.2 Å². The number of nitrogens with one attached hydrogen (secondary N) is 2. The van der Waals surface area contributed by atoms with Gasteiger partial charge in [0.2, 0.25) is 5.91 Å². The average molecular weight is 203 g/mol. The smallest absolute Gasteiger partial charge is 0.321 e. The highest BCUT2D eigenvalue weighted by molar-refractivity contribution is 6.28. The Bertz CT molecular complexity index is 235. The topological polar surface area (TPSA) is 58.2 Å². The maximum atomic E-state index is 10.9. The van der Waals surface area contributed by atoms with E-state index in [9.17, 15) is 9.59 Å². The Labute approximate surface area is 82.0 Å². The van der Waals surface area contributed by atoms with Crippen molar-refractivity contribution in [3.05, 3.63) is 0 Å². The van der Waals surface area contributed by atoms with Crippen molar-refractivity contribution in [1.82, 2.24) is 10.6 Å². The van der Waals surface area contributed by atoms with Gasteiger partial charge < -0.3 is 5.32 Å². The molecule has 0 rings (SSSR count). The van der Waals surface area contributed by atoms with E-state index in [0.29, 0.717) is 6.42 Å². The molecule has 0 heterocycles. The molecule has 3 amide bonds. The zero-order valence-corrected chi connectivity index (χ0v) is 8.02. The van der Waals surface area contributed by atoms with Crippen LogP contribution in [0.5, 0.6) is 0 Å². The first-order valence-corrected chi connectivity index (χ1v) is 4.23. The van der Waals surface area contributed by atoms with Crippen LogP contribution < -0.4 is 10.6 Å². The lowest BCUT2D eigenvalue weighted by molar-refractivity contribution is -0.117. The summed E-state index contributed by atoms with van der Waals surface area (Å²) in [5.74, 6) is 1.61. The zero-order valence-electron chi connectivity index (χ0n) is 7.26. The van der Waals surface area contributed by atoms with Crippen LogP contribution in [0.15, 0.2) is 0 Å². The first-order valence-electron chi connectivity index (χ1n) is 3.70. The lowest BCUT2D eigenvalue weighted by Crippen LogP contribution is -2.43. The largest absolute Gasteiger partial charge is 0.334 e. The van der Waals surface area contributed by atoms with Gasteiger partial charge in [-0.05, 0) is 6.92 Å². The molecule has 1 unspecified atom stereocenters. The Morgan fingerprint density at radius 2 is 2.23 bits per heavy atom. The number of hydrogen-bond acceptors (Lipinski definition) is 2. The Balaban J connectivity index is 3.75. The van der Waals surface area contributed by atoms with Crippen molar-refractivity contribution in [1.29, 1.82) is 0 Å². The van der Waals surface area contributed by atoms with Crippen molar-refractivity contribution in [3.8, 4) is 12.3 Å². The molecule has 0 aliphatic rings. The van der Waals surface area contributed by atoms with Gasteiger partial charge in [-0.2, -0.15) is 0 Å². The molecule has 72 valence electrons. The van der Waals surface area contributed by atoms with Gasteiger partial charge in [-0.25, -0.2) is 4.79 Å². The number of amides is 3. The molecule has 0 aliphatic heterocycles. The molecule has 0 fully saturated rings. The molecule has 0 aromatic rings. The second-order valence-electron chi connectivity index (χ2n) is 2.46. The maximum absolute atomic E-state index is 10.9. The van der Waals surface area contributed by atoms with Crippen LogP contribution in [-0.4, -0.2) is 23.9 Å². The van der Waals surface area contributed by atoms with E-state index in [1.54, 1.807) is 6.92 Å². The highest BCUT2D eigenvalue weighted by atomic mass is 35.5. The third-order valence-corrected chi connectivity index (χ3v) is 1.42. The molecule has 13 heavy (non-hydrogen) atoms. The average Bonchev–Trinajstić information content (AvgIpc) is 2.04. The lowest BCUT2D eigenvalue weighted by atomic mass is 10.2. The van der Waals surface area contributed by atoms with Gasteiger partial charge in [0.1, 0.15) is 5.88 Å². The van der Waals surface area contributed by atoms with E-state index >= 15 is 0 Å². The number of hydrogen-bond donors (Lipinski definition) is 2. The molecule has 5 heteroatoms. The first kappa shape index (κ1) is 11.8. The molecule has 4 nitrogen and oxygen atoms in total. The highest BCUT2D eigenvalue weighted by Gasteiger charge is 2.08. The summed E-state index contributed by atoms with van der Waals surface area (Å²) in [6, 6.07) is -0.735. The van der Waals surface area contributed by atoms with E-state index < -0.39 is 11.9 Å². The Morgan fingerprint density at radius 3 is 2.69 bits per heavy atom. The quantitative estimate of drug-likeness (QED) is 0.516. The summed E-state index contributed by atoms with van der Waals surface area (Å²) < 4.78 is 0. The van der Waals surface area contributed by atoms with Crippen LogP contribution >= 0.6 is 11.6 Å². The van der Waals surface area contributed by atoms with Crippen molar-refractivity contribution in [2.75, 3.05) is 5.88 Å². The molecule has 2 N–H and O–H groups in total.